The van der Waals surface area contributed by atoms with Crippen LogP contribution in [0.1, 0.15) is 66.7 Å². The molecule has 1 fully saturated rings. The van der Waals surface area contributed by atoms with Crippen molar-refractivity contribution in [2.24, 2.45) is 28.3 Å². The molecular weight excluding hydrogens is 354 g/mol. The summed E-state index contributed by atoms with van der Waals surface area (Å²) in [7, 11) is 0. The Morgan fingerprint density at radius 1 is 1.25 bits per heavy atom. The summed E-state index contributed by atoms with van der Waals surface area (Å²) in [6.07, 6.45) is 10.2. The molecule has 2 heterocycles. The number of rotatable bonds is 1. The molecule has 1 aliphatic carbocycles. The summed E-state index contributed by atoms with van der Waals surface area (Å²) in [6.45, 7) is 15.2. The van der Waals surface area contributed by atoms with Gasteiger partial charge in [0, 0.05) is 18.2 Å². The number of fused-ring (bicyclic) bond motifs is 1. The highest BCUT2D eigenvalue weighted by Crippen LogP contribution is 2.48. The Morgan fingerprint density at radius 2 is 1.93 bits per heavy atom. The van der Waals surface area contributed by atoms with Gasteiger partial charge in [-0.2, -0.15) is 0 Å². The summed E-state index contributed by atoms with van der Waals surface area (Å²) in [6, 6.07) is 0. The first-order valence-electron chi connectivity index (χ1n) is 10.4. The van der Waals surface area contributed by atoms with Crippen LogP contribution in [0.15, 0.2) is 28.5 Å². The Balaban J connectivity index is 0.000000878. The van der Waals surface area contributed by atoms with Gasteiger partial charge in [0.15, 0.2) is 0 Å². The zero-order valence-corrected chi connectivity index (χ0v) is 18.2. The van der Waals surface area contributed by atoms with Crippen LogP contribution >= 0.6 is 0 Å². The lowest BCUT2D eigenvalue weighted by Gasteiger charge is -2.44. The van der Waals surface area contributed by atoms with Gasteiger partial charge in [-0.1, -0.05) is 38.8 Å². The van der Waals surface area contributed by atoms with Gasteiger partial charge >= 0.3 is 5.97 Å². The summed E-state index contributed by atoms with van der Waals surface area (Å²) in [5, 5.41) is 9.33. The highest BCUT2D eigenvalue weighted by atomic mass is 16.5. The first-order chi connectivity index (χ1) is 13.1. The number of oxime groups is 1. The van der Waals surface area contributed by atoms with Gasteiger partial charge in [-0.25, -0.2) is 4.79 Å². The van der Waals surface area contributed by atoms with Crippen molar-refractivity contribution in [1.29, 1.82) is 0 Å². The number of hydrogen-bond donors (Lipinski definition) is 1. The number of carbonyl (C=O) groups is 1. The average Bonchev–Trinajstić information content (AvgIpc) is 3.02. The van der Waals surface area contributed by atoms with Gasteiger partial charge in [0.05, 0.1) is 12.2 Å². The standard InChI is InChI=1S/C22H34O3.CH3NO/c1-15-13-16(18-9-12-24-20(18)23)14-25-22(4,5)11-8-19-17(15)7-6-10-21(19,2)3;1-2-3/h8-9,15-17H,6-7,10-14H2,1-5H3;3H,1H2/b19-8+;/t15?,16-,17?;/m1./s1. The summed E-state index contributed by atoms with van der Waals surface area (Å²) in [4.78, 5) is 12.1. The molecule has 2 unspecified atom stereocenters. The summed E-state index contributed by atoms with van der Waals surface area (Å²) in [5.41, 5.74) is 2.52. The summed E-state index contributed by atoms with van der Waals surface area (Å²) < 4.78 is 11.5. The maximum absolute atomic E-state index is 12.1. The van der Waals surface area contributed by atoms with Gasteiger partial charge < -0.3 is 14.7 Å². The van der Waals surface area contributed by atoms with Crippen LogP contribution < -0.4 is 0 Å². The quantitative estimate of drug-likeness (QED) is 0.221. The SMILES string of the molecule is C=NO.CC1C[C@@H](C2=CCOC2=O)COC(C)(C)C/C=C2\C1CCCC2(C)C. The summed E-state index contributed by atoms with van der Waals surface area (Å²) >= 11 is 0. The zero-order chi connectivity index (χ0) is 20.9. The molecule has 0 aromatic heterocycles. The molecule has 28 heavy (non-hydrogen) atoms. The average molecular weight is 392 g/mol. The van der Waals surface area contributed by atoms with E-state index in [-0.39, 0.29) is 22.9 Å². The number of ether oxygens (including phenoxy) is 2. The third-order valence-electron chi connectivity index (χ3n) is 6.52. The third kappa shape index (κ3) is 5.47. The van der Waals surface area contributed by atoms with Crippen LogP contribution in [0, 0.1) is 23.2 Å². The molecule has 1 saturated carbocycles. The van der Waals surface area contributed by atoms with E-state index in [2.05, 4.69) is 52.6 Å². The van der Waals surface area contributed by atoms with Crippen molar-refractivity contribution in [3.8, 4) is 0 Å². The van der Waals surface area contributed by atoms with Crippen LogP contribution in [0.25, 0.3) is 0 Å². The number of cyclic esters (lactones) is 1. The molecule has 5 heteroatoms. The van der Waals surface area contributed by atoms with E-state index in [9.17, 15) is 4.79 Å². The Morgan fingerprint density at radius 3 is 2.54 bits per heavy atom. The second-order valence-corrected chi connectivity index (χ2v) is 9.63. The smallest absolute Gasteiger partial charge is 0.334 e. The molecule has 0 aromatic carbocycles. The fraction of sp³-hybridized carbons (Fsp3) is 0.739. The van der Waals surface area contributed by atoms with E-state index in [0.717, 1.165) is 18.4 Å². The molecule has 3 atom stereocenters. The molecule has 5 nitrogen and oxygen atoms in total. The van der Waals surface area contributed by atoms with E-state index in [0.29, 0.717) is 25.0 Å². The predicted molar refractivity (Wildman–Crippen MR) is 112 cm³/mol. The molecule has 0 aromatic rings. The Labute approximate surface area is 169 Å². The minimum atomic E-state index is -0.201. The highest BCUT2D eigenvalue weighted by Gasteiger charge is 2.39. The van der Waals surface area contributed by atoms with Gasteiger partial charge in [-0.05, 0) is 62.9 Å². The zero-order valence-electron chi connectivity index (χ0n) is 18.2. The minimum absolute atomic E-state index is 0.143. The molecule has 2 aliphatic heterocycles. The molecule has 3 rings (SSSR count). The van der Waals surface area contributed by atoms with Gasteiger partial charge in [0.25, 0.3) is 0 Å². The van der Waals surface area contributed by atoms with Gasteiger partial charge in [-0.15, -0.1) is 5.16 Å². The lowest BCUT2D eigenvalue weighted by atomic mass is 9.63. The molecule has 3 aliphatic rings. The molecule has 0 radical (unpaired) electrons. The minimum Gasteiger partial charge on any atom is -0.458 e. The first kappa shape index (κ1) is 22.7. The predicted octanol–water partition coefficient (Wildman–Crippen LogP) is 5.14. The second-order valence-electron chi connectivity index (χ2n) is 9.63. The van der Waals surface area contributed by atoms with E-state index in [1.807, 2.05) is 6.08 Å². The second kappa shape index (κ2) is 9.25. The molecule has 0 spiro atoms. The largest absolute Gasteiger partial charge is 0.458 e. The van der Waals surface area contributed by atoms with Crippen molar-refractivity contribution in [2.75, 3.05) is 13.2 Å². The van der Waals surface area contributed by atoms with Crippen LogP contribution in [0.4, 0.5) is 0 Å². The molecule has 0 amide bonds. The fourth-order valence-corrected chi connectivity index (χ4v) is 4.93. The van der Waals surface area contributed by atoms with E-state index >= 15 is 0 Å². The fourth-order valence-electron chi connectivity index (χ4n) is 4.93. The van der Waals surface area contributed by atoms with Crippen molar-refractivity contribution in [3.63, 3.8) is 0 Å². The van der Waals surface area contributed by atoms with Crippen LogP contribution in [0.3, 0.4) is 0 Å². The van der Waals surface area contributed by atoms with Crippen molar-refractivity contribution >= 4 is 12.7 Å². The first-order valence-corrected chi connectivity index (χ1v) is 10.4. The van der Waals surface area contributed by atoms with E-state index in [1.165, 1.54) is 19.3 Å². The maximum atomic E-state index is 12.1. The number of carbonyl (C=O) groups excluding carboxylic acids is 1. The Kier molecular flexibility index (Phi) is 7.49. The van der Waals surface area contributed by atoms with Crippen molar-refractivity contribution in [1.82, 2.24) is 0 Å². The number of allylic oxidation sites excluding steroid dienone is 1. The van der Waals surface area contributed by atoms with Gasteiger partial charge in [-0.3, -0.25) is 0 Å². The van der Waals surface area contributed by atoms with Crippen LogP contribution in [-0.2, 0) is 14.3 Å². The Bertz CT molecular complexity index is 633. The highest BCUT2D eigenvalue weighted by molar-refractivity contribution is 5.91. The normalized spacial score (nSPS) is 33.8. The van der Waals surface area contributed by atoms with Crippen molar-refractivity contribution in [2.45, 2.75) is 72.3 Å². The topological polar surface area (TPSA) is 68.1 Å². The monoisotopic (exact) mass is 391 g/mol. The Hall–Kier alpha value is -1.62. The number of nitrogens with zero attached hydrogens (tertiary/aromatic N) is 1. The number of esters is 1. The summed E-state index contributed by atoms with van der Waals surface area (Å²) in [5.74, 6) is 1.18. The molecule has 0 saturated heterocycles. The maximum Gasteiger partial charge on any atom is 0.334 e. The number of hydrogen-bond acceptors (Lipinski definition) is 5. The van der Waals surface area contributed by atoms with Crippen LogP contribution in [0.2, 0.25) is 0 Å². The van der Waals surface area contributed by atoms with Gasteiger partial charge in [0.2, 0.25) is 0 Å². The van der Waals surface area contributed by atoms with E-state index in [4.69, 9.17) is 14.7 Å². The van der Waals surface area contributed by atoms with Crippen molar-refractivity contribution < 1.29 is 19.5 Å². The van der Waals surface area contributed by atoms with E-state index < -0.39 is 0 Å². The molecular formula is C23H37NO4. The lowest BCUT2D eigenvalue weighted by molar-refractivity contribution is -0.137. The van der Waals surface area contributed by atoms with E-state index in [1.54, 1.807) is 5.57 Å². The van der Waals surface area contributed by atoms with Crippen molar-refractivity contribution in [3.05, 3.63) is 23.3 Å². The van der Waals surface area contributed by atoms with Crippen LogP contribution in [0.5, 0.6) is 0 Å². The van der Waals surface area contributed by atoms with Crippen LogP contribution in [-0.4, -0.2) is 36.7 Å². The third-order valence-corrected chi connectivity index (χ3v) is 6.52. The molecule has 0 bridgehead atoms. The molecule has 1 N–H and O–H groups in total. The molecule has 158 valence electrons. The van der Waals surface area contributed by atoms with Gasteiger partial charge in [0.1, 0.15) is 6.61 Å². The lowest BCUT2D eigenvalue weighted by Crippen LogP contribution is -2.35.